The van der Waals surface area contributed by atoms with E-state index in [1.807, 2.05) is 36.9 Å². The van der Waals surface area contributed by atoms with Gasteiger partial charge < -0.3 is 10.3 Å². The van der Waals surface area contributed by atoms with Crippen LogP contribution >= 0.6 is 11.6 Å². The van der Waals surface area contributed by atoms with Gasteiger partial charge in [-0.1, -0.05) is 29.8 Å². The number of fused-ring (bicyclic) bond motifs is 1. The molecule has 4 aromatic rings. The standard InChI is InChI=1S/C22H23ClN6/c23-20-4-2-1-3-15(20)14-29-9-6-17(7-10-29)28-21-18-5-8-24-22(18)25-13-19(21)16-11-26-27-12-16/h1-5,8,11-13,17H,6-7,9-10,14H2,(H,26,27)(H2,24,25,28). The third-order valence-electron chi connectivity index (χ3n) is 5.68. The molecule has 1 fully saturated rings. The van der Waals surface area contributed by atoms with Gasteiger partial charge >= 0.3 is 0 Å². The maximum atomic E-state index is 6.33. The maximum Gasteiger partial charge on any atom is 0.139 e. The van der Waals surface area contributed by atoms with Crippen molar-refractivity contribution < 1.29 is 0 Å². The van der Waals surface area contributed by atoms with Crippen molar-refractivity contribution in [1.82, 2.24) is 25.1 Å². The van der Waals surface area contributed by atoms with Crippen molar-refractivity contribution in [1.29, 1.82) is 0 Å². The zero-order valence-corrected chi connectivity index (χ0v) is 16.8. The summed E-state index contributed by atoms with van der Waals surface area (Å²) in [5.41, 5.74) is 5.34. The second-order valence-electron chi connectivity index (χ2n) is 7.56. The first kappa shape index (κ1) is 18.2. The molecule has 29 heavy (non-hydrogen) atoms. The number of benzene rings is 1. The molecule has 0 aliphatic carbocycles. The van der Waals surface area contributed by atoms with E-state index in [1.54, 1.807) is 0 Å². The quantitative estimate of drug-likeness (QED) is 0.450. The van der Waals surface area contributed by atoms with Crippen LogP contribution in [0.15, 0.2) is 55.1 Å². The highest BCUT2D eigenvalue weighted by atomic mass is 35.5. The number of piperidine rings is 1. The second-order valence-corrected chi connectivity index (χ2v) is 7.97. The number of H-pyrrole nitrogens is 2. The molecule has 1 aliphatic heterocycles. The zero-order chi connectivity index (χ0) is 19.6. The fourth-order valence-corrected chi connectivity index (χ4v) is 4.28. The monoisotopic (exact) mass is 406 g/mol. The van der Waals surface area contributed by atoms with Gasteiger partial charge in [-0.3, -0.25) is 10.00 Å². The number of likely N-dealkylation sites (tertiary alicyclic amines) is 1. The topological polar surface area (TPSA) is 72.6 Å². The van der Waals surface area contributed by atoms with Crippen molar-refractivity contribution in [3.63, 3.8) is 0 Å². The Balaban J connectivity index is 1.32. The number of rotatable bonds is 5. The number of hydrogen-bond donors (Lipinski definition) is 3. The Morgan fingerprint density at radius 3 is 2.79 bits per heavy atom. The Morgan fingerprint density at radius 2 is 2.00 bits per heavy atom. The fourth-order valence-electron chi connectivity index (χ4n) is 4.09. The lowest BCUT2D eigenvalue weighted by Crippen LogP contribution is -2.38. The average Bonchev–Trinajstić information content (AvgIpc) is 3.43. The summed E-state index contributed by atoms with van der Waals surface area (Å²) in [6.45, 7) is 3.00. The van der Waals surface area contributed by atoms with Crippen molar-refractivity contribution in [2.45, 2.75) is 25.4 Å². The summed E-state index contributed by atoms with van der Waals surface area (Å²) in [4.78, 5) is 10.3. The number of aromatic amines is 2. The van der Waals surface area contributed by atoms with E-state index in [-0.39, 0.29) is 0 Å². The molecule has 6 nitrogen and oxygen atoms in total. The maximum absolute atomic E-state index is 6.33. The molecule has 0 atom stereocenters. The first-order chi connectivity index (χ1) is 14.3. The third kappa shape index (κ3) is 3.73. The van der Waals surface area contributed by atoms with Crippen LogP contribution in [0.4, 0.5) is 5.69 Å². The molecule has 0 unspecified atom stereocenters. The van der Waals surface area contributed by atoms with Gasteiger partial charge in [-0.15, -0.1) is 0 Å². The molecule has 0 bridgehead atoms. The molecule has 4 heterocycles. The lowest BCUT2D eigenvalue weighted by Gasteiger charge is -2.33. The van der Waals surface area contributed by atoms with Gasteiger partial charge in [0.1, 0.15) is 5.65 Å². The van der Waals surface area contributed by atoms with Gasteiger partial charge in [-0.05, 0) is 30.5 Å². The molecule has 0 saturated carbocycles. The van der Waals surface area contributed by atoms with E-state index in [1.165, 1.54) is 5.56 Å². The predicted octanol–water partition coefficient (Wildman–Crippen LogP) is 4.68. The number of pyridine rings is 1. The van der Waals surface area contributed by atoms with Crippen molar-refractivity contribution in [3.8, 4) is 11.1 Å². The summed E-state index contributed by atoms with van der Waals surface area (Å²) < 4.78 is 0. The second kappa shape index (κ2) is 7.89. The van der Waals surface area contributed by atoms with E-state index >= 15 is 0 Å². The predicted molar refractivity (Wildman–Crippen MR) is 117 cm³/mol. The molecule has 148 valence electrons. The minimum absolute atomic E-state index is 0.420. The molecule has 3 N–H and O–H groups in total. The Bertz CT molecular complexity index is 1100. The van der Waals surface area contributed by atoms with Gasteiger partial charge in [-0.25, -0.2) is 4.98 Å². The van der Waals surface area contributed by atoms with E-state index in [4.69, 9.17) is 11.6 Å². The van der Waals surface area contributed by atoms with E-state index in [9.17, 15) is 0 Å². The molecule has 7 heteroatoms. The van der Waals surface area contributed by atoms with E-state index in [2.05, 4.69) is 48.6 Å². The van der Waals surface area contributed by atoms with E-state index < -0.39 is 0 Å². The average molecular weight is 407 g/mol. The highest BCUT2D eigenvalue weighted by molar-refractivity contribution is 6.31. The first-order valence-corrected chi connectivity index (χ1v) is 10.3. The zero-order valence-electron chi connectivity index (χ0n) is 16.0. The van der Waals surface area contributed by atoms with Gasteiger partial charge in [0, 0.05) is 65.8 Å². The van der Waals surface area contributed by atoms with Crippen molar-refractivity contribution in [3.05, 3.63) is 65.7 Å². The van der Waals surface area contributed by atoms with Gasteiger partial charge in [-0.2, -0.15) is 5.10 Å². The lowest BCUT2D eigenvalue weighted by molar-refractivity contribution is 0.211. The van der Waals surface area contributed by atoms with Gasteiger partial charge in [0.15, 0.2) is 0 Å². The van der Waals surface area contributed by atoms with Crippen molar-refractivity contribution >= 4 is 28.3 Å². The van der Waals surface area contributed by atoms with Gasteiger partial charge in [0.05, 0.1) is 11.9 Å². The number of anilines is 1. The Hall–Kier alpha value is -2.83. The number of nitrogens with zero attached hydrogens (tertiary/aromatic N) is 3. The van der Waals surface area contributed by atoms with Crippen LogP contribution in [0.2, 0.25) is 5.02 Å². The highest BCUT2D eigenvalue weighted by Gasteiger charge is 2.22. The van der Waals surface area contributed by atoms with Crippen LogP contribution in [-0.2, 0) is 6.54 Å². The number of halogens is 1. The number of aromatic nitrogens is 4. The summed E-state index contributed by atoms with van der Waals surface area (Å²) >= 11 is 6.33. The Morgan fingerprint density at radius 1 is 1.14 bits per heavy atom. The molecule has 0 spiro atoms. The van der Waals surface area contributed by atoms with Crippen LogP contribution < -0.4 is 5.32 Å². The number of hydrogen-bond acceptors (Lipinski definition) is 4. The SMILES string of the molecule is Clc1ccccc1CN1CCC(Nc2c(-c3cn[nH]c3)cnc3[nH]ccc23)CC1. The van der Waals surface area contributed by atoms with Gasteiger partial charge in [0.25, 0.3) is 0 Å². The van der Waals surface area contributed by atoms with Gasteiger partial charge in [0.2, 0.25) is 0 Å². The normalized spacial score (nSPS) is 15.8. The lowest BCUT2D eigenvalue weighted by atomic mass is 10.0. The molecule has 3 aromatic heterocycles. The van der Waals surface area contributed by atoms with Crippen molar-refractivity contribution in [2.24, 2.45) is 0 Å². The van der Waals surface area contributed by atoms with Crippen LogP contribution in [0.3, 0.4) is 0 Å². The molecule has 1 saturated heterocycles. The molecular formula is C22H23ClN6. The molecule has 0 amide bonds. The van der Waals surface area contributed by atoms with Crippen LogP contribution in [0.5, 0.6) is 0 Å². The minimum atomic E-state index is 0.420. The largest absolute Gasteiger partial charge is 0.381 e. The summed E-state index contributed by atoms with van der Waals surface area (Å²) in [5, 5.41) is 12.8. The van der Waals surface area contributed by atoms with E-state index in [0.717, 1.165) is 65.3 Å². The van der Waals surface area contributed by atoms with Crippen LogP contribution in [0, 0.1) is 0 Å². The summed E-state index contributed by atoms with van der Waals surface area (Å²) in [6, 6.07) is 10.6. The number of nitrogens with one attached hydrogen (secondary N) is 3. The molecule has 5 rings (SSSR count). The van der Waals surface area contributed by atoms with E-state index in [0.29, 0.717) is 6.04 Å². The summed E-state index contributed by atoms with van der Waals surface area (Å²) in [5.74, 6) is 0. The Labute approximate surface area is 174 Å². The Kier molecular flexibility index (Phi) is 4.96. The molecule has 1 aromatic carbocycles. The fraction of sp³-hybridized carbons (Fsp3) is 0.273. The minimum Gasteiger partial charge on any atom is -0.381 e. The first-order valence-electron chi connectivity index (χ1n) is 9.95. The van der Waals surface area contributed by atoms with Crippen molar-refractivity contribution in [2.75, 3.05) is 18.4 Å². The molecule has 0 radical (unpaired) electrons. The van der Waals surface area contributed by atoms with Crippen LogP contribution in [-0.4, -0.2) is 44.2 Å². The highest BCUT2D eigenvalue weighted by Crippen LogP contribution is 2.34. The van der Waals surface area contributed by atoms with Crippen LogP contribution in [0.1, 0.15) is 18.4 Å². The molecular weight excluding hydrogens is 384 g/mol. The summed E-state index contributed by atoms with van der Waals surface area (Å²) in [7, 11) is 0. The molecule has 1 aliphatic rings. The third-order valence-corrected chi connectivity index (χ3v) is 6.05. The van der Waals surface area contributed by atoms with Crippen LogP contribution in [0.25, 0.3) is 22.2 Å². The smallest absolute Gasteiger partial charge is 0.139 e. The summed E-state index contributed by atoms with van der Waals surface area (Å²) in [6.07, 6.45) is 9.78.